The number of methoxy groups -OCH3 is 2. The first-order valence-corrected chi connectivity index (χ1v) is 7.57. The first-order chi connectivity index (χ1) is 12.0. The van der Waals surface area contributed by atoms with Crippen molar-refractivity contribution in [3.8, 4) is 23.3 Å². The van der Waals surface area contributed by atoms with Crippen molar-refractivity contribution in [2.45, 2.75) is 26.4 Å². The predicted molar refractivity (Wildman–Crippen MR) is 87.7 cm³/mol. The van der Waals surface area contributed by atoms with E-state index in [9.17, 15) is 18.8 Å². The second kappa shape index (κ2) is 10.1. The Morgan fingerprint density at radius 1 is 1.32 bits per heavy atom. The Bertz CT molecular complexity index is 644. The Labute approximate surface area is 145 Å². The number of nitrogens with zero attached hydrogens (tertiary/aromatic N) is 1. The quantitative estimate of drug-likeness (QED) is 0.419. The lowest BCUT2D eigenvalue weighted by atomic mass is 10.1. The Hall–Kier alpha value is -2.82. The largest absolute Gasteiger partial charge is 0.493 e. The number of hydrogen-bond donors (Lipinski definition) is 1. The highest BCUT2D eigenvalue weighted by Gasteiger charge is 2.18. The minimum atomic E-state index is -3.05. The fourth-order valence-corrected chi connectivity index (χ4v) is 1.98. The molecule has 0 aliphatic rings. The fraction of sp³-hybridized carbons (Fsp3) is 0.412. The first-order valence-electron chi connectivity index (χ1n) is 7.57. The smallest absolute Gasteiger partial charge is 0.387 e. The molecule has 0 unspecified atom stereocenters. The van der Waals surface area contributed by atoms with Gasteiger partial charge in [0.15, 0.2) is 11.5 Å². The van der Waals surface area contributed by atoms with Crippen LogP contribution in [0.2, 0.25) is 0 Å². The number of nitrogens with one attached hydrogen (secondary N) is 1. The van der Waals surface area contributed by atoms with Crippen LogP contribution in [0.25, 0.3) is 6.08 Å². The molecule has 1 amide bonds. The van der Waals surface area contributed by atoms with Crippen LogP contribution < -0.4 is 19.5 Å². The Morgan fingerprint density at radius 3 is 2.36 bits per heavy atom. The molecule has 0 fully saturated rings. The maximum atomic E-state index is 12.5. The van der Waals surface area contributed by atoms with Crippen molar-refractivity contribution in [2.75, 3.05) is 20.8 Å². The molecule has 0 atom stereocenters. The fourth-order valence-electron chi connectivity index (χ4n) is 1.98. The molecule has 1 aromatic rings. The third kappa shape index (κ3) is 5.95. The van der Waals surface area contributed by atoms with E-state index in [0.717, 1.165) is 12.8 Å². The number of amides is 1. The number of carbonyl (C=O) groups is 1. The van der Waals surface area contributed by atoms with Gasteiger partial charge in [0.25, 0.3) is 5.91 Å². The number of unbranched alkanes of at least 4 members (excludes halogenated alkanes) is 1. The zero-order valence-electron chi connectivity index (χ0n) is 14.3. The third-order valence-corrected chi connectivity index (χ3v) is 3.18. The van der Waals surface area contributed by atoms with Crippen molar-refractivity contribution in [2.24, 2.45) is 0 Å². The van der Waals surface area contributed by atoms with Gasteiger partial charge in [-0.3, -0.25) is 4.79 Å². The van der Waals surface area contributed by atoms with Crippen molar-refractivity contribution in [1.29, 1.82) is 5.26 Å². The van der Waals surface area contributed by atoms with Crippen LogP contribution in [0.5, 0.6) is 17.2 Å². The van der Waals surface area contributed by atoms with E-state index in [4.69, 9.17) is 9.47 Å². The zero-order chi connectivity index (χ0) is 18.8. The number of hydrogen-bond acceptors (Lipinski definition) is 5. The topological polar surface area (TPSA) is 80.6 Å². The number of ether oxygens (including phenoxy) is 3. The molecule has 0 aliphatic heterocycles. The normalized spacial score (nSPS) is 11.0. The molecule has 25 heavy (non-hydrogen) atoms. The number of alkyl halides is 2. The SMILES string of the molecule is CCCCNC(=O)/C(C#N)=C/c1cc(OC)c(OC(F)F)c(OC)c1. The van der Waals surface area contributed by atoms with Crippen molar-refractivity contribution in [1.82, 2.24) is 5.32 Å². The molecule has 0 radical (unpaired) electrons. The summed E-state index contributed by atoms with van der Waals surface area (Å²) < 4.78 is 39.5. The average molecular weight is 354 g/mol. The van der Waals surface area contributed by atoms with Crippen LogP contribution in [0.1, 0.15) is 25.3 Å². The van der Waals surface area contributed by atoms with Crippen LogP contribution in [0.15, 0.2) is 17.7 Å². The van der Waals surface area contributed by atoms with E-state index >= 15 is 0 Å². The summed E-state index contributed by atoms with van der Waals surface area (Å²) in [6.45, 7) is -0.611. The number of carbonyl (C=O) groups excluding carboxylic acids is 1. The number of halogens is 2. The molecule has 1 N–H and O–H groups in total. The molecular weight excluding hydrogens is 334 g/mol. The zero-order valence-corrected chi connectivity index (χ0v) is 14.3. The van der Waals surface area contributed by atoms with E-state index in [2.05, 4.69) is 10.1 Å². The van der Waals surface area contributed by atoms with E-state index in [-0.39, 0.29) is 22.8 Å². The van der Waals surface area contributed by atoms with Crippen molar-refractivity contribution >= 4 is 12.0 Å². The summed E-state index contributed by atoms with van der Waals surface area (Å²) in [5.41, 5.74) is 0.250. The maximum Gasteiger partial charge on any atom is 0.387 e. The predicted octanol–water partition coefficient (Wildman–Crippen LogP) is 3.13. The van der Waals surface area contributed by atoms with Gasteiger partial charge in [-0.2, -0.15) is 14.0 Å². The molecule has 0 saturated carbocycles. The summed E-state index contributed by atoms with van der Waals surface area (Å²) in [6.07, 6.45) is 3.02. The van der Waals surface area contributed by atoms with Gasteiger partial charge in [0, 0.05) is 6.54 Å². The molecule has 0 aromatic heterocycles. The molecule has 0 heterocycles. The summed E-state index contributed by atoms with van der Waals surface area (Å²) in [5, 5.41) is 11.8. The van der Waals surface area contributed by atoms with E-state index in [1.54, 1.807) is 0 Å². The molecule has 0 bridgehead atoms. The molecule has 1 aromatic carbocycles. The second-order valence-electron chi connectivity index (χ2n) is 4.91. The molecule has 0 spiro atoms. The van der Waals surface area contributed by atoms with Gasteiger partial charge in [-0.25, -0.2) is 0 Å². The summed E-state index contributed by atoms with van der Waals surface area (Å²) >= 11 is 0. The van der Waals surface area contributed by atoms with Gasteiger partial charge in [-0.05, 0) is 30.2 Å². The highest BCUT2D eigenvalue weighted by atomic mass is 19.3. The minimum Gasteiger partial charge on any atom is -0.493 e. The lowest BCUT2D eigenvalue weighted by Crippen LogP contribution is -2.25. The summed E-state index contributed by atoms with van der Waals surface area (Å²) in [6, 6.07) is 4.56. The summed E-state index contributed by atoms with van der Waals surface area (Å²) in [4.78, 5) is 12.0. The molecule has 0 aliphatic carbocycles. The third-order valence-electron chi connectivity index (χ3n) is 3.18. The van der Waals surface area contributed by atoms with Crippen LogP contribution in [-0.4, -0.2) is 33.3 Å². The van der Waals surface area contributed by atoms with Gasteiger partial charge < -0.3 is 19.5 Å². The van der Waals surface area contributed by atoms with Crippen molar-refractivity contribution in [3.05, 3.63) is 23.3 Å². The van der Waals surface area contributed by atoms with Gasteiger partial charge in [-0.1, -0.05) is 13.3 Å². The molecule has 1 rings (SSSR count). The van der Waals surface area contributed by atoms with Crippen molar-refractivity contribution in [3.63, 3.8) is 0 Å². The number of benzene rings is 1. The summed E-state index contributed by atoms with van der Waals surface area (Å²) in [5.74, 6) is -0.783. The van der Waals surface area contributed by atoms with Crippen molar-refractivity contribution < 1.29 is 27.8 Å². The van der Waals surface area contributed by atoms with Gasteiger partial charge >= 0.3 is 6.61 Å². The first kappa shape index (κ1) is 20.2. The van der Waals surface area contributed by atoms with Gasteiger partial charge in [0.2, 0.25) is 5.75 Å². The number of rotatable bonds is 9. The molecule has 136 valence electrons. The minimum absolute atomic E-state index is 0.00502. The van der Waals surface area contributed by atoms with Gasteiger partial charge in [0.1, 0.15) is 11.6 Å². The van der Waals surface area contributed by atoms with Crippen LogP contribution in [0.3, 0.4) is 0 Å². The standard InChI is InChI=1S/C17H20F2N2O4/c1-4-5-6-21-16(22)12(10-20)7-11-8-13(23-2)15(25-17(18)19)14(9-11)24-3/h7-9,17H,4-6H2,1-3H3,(H,21,22)/b12-7+. The number of nitriles is 1. The Balaban J connectivity index is 3.19. The molecule has 6 nitrogen and oxygen atoms in total. The molecular formula is C17H20F2N2O4. The van der Waals surface area contributed by atoms with Crippen LogP contribution >= 0.6 is 0 Å². The highest BCUT2D eigenvalue weighted by Crippen LogP contribution is 2.40. The Kier molecular flexibility index (Phi) is 8.19. The van der Waals surface area contributed by atoms with Gasteiger partial charge in [-0.15, -0.1) is 0 Å². The van der Waals surface area contributed by atoms with E-state index in [1.807, 2.05) is 13.0 Å². The van der Waals surface area contributed by atoms with Crippen LogP contribution in [0.4, 0.5) is 8.78 Å². The highest BCUT2D eigenvalue weighted by molar-refractivity contribution is 6.01. The molecule has 0 saturated heterocycles. The monoisotopic (exact) mass is 354 g/mol. The van der Waals surface area contributed by atoms with E-state index < -0.39 is 12.5 Å². The van der Waals surface area contributed by atoms with E-state index in [0.29, 0.717) is 12.1 Å². The second-order valence-corrected chi connectivity index (χ2v) is 4.91. The lowest BCUT2D eigenvalue weighted by Gasteiger charge is -2.14. The Morgan fingerprint density at radius 2 is 1.92 bits per heavy atom. The van der Waals surface area contributed by atoms with Crippen LogP contribution in [0, 0.1) is 11.3 Å². The average Bonchev–Trinajstić information content (AvgIpc) is 2.59. The lowest BCUT2D eigenvalue weighted by molar-refractivity contribution is -0.117. The van der Waals surface area contributed by atoms with Gasteiger partial charge in [0.05, 0.1) is 14.2 Å². The summed E-state index contributed by atoms with van der Waals surface area (Å²) in [7, 11) is 2.56. The van der Waals surface area contributed by atoms with E-state index in [1.165, 1.54) is 32.4 Å². The maximum absolute atomic E-state index is 12.5. The van der Waals surface area contributed by atoms with Crippen LogP contribution in [-0.2, 0) is 4.79 Å². The molecule has 8 heteroatoms.